The quantitative estimate of drug-likeness (QED) is 0.188. The number of aryl methyl sites for hydroxylation is 1. The van der Waals surface area contributed by atoms with Crippen molar-refractivity contribution in [1.29, 1.82) is 0 Å². The SMILES string of the molecule is COc1cc(C)c(/C(O)=C2\C(=O)C(=O)N(Cc3ccco3)C2c2cccc3ccccc23)cc1C(C)C. The molecule has 6 nitrogen and oxygen atoms in total. The van der Waals surface area contributed by atoms with Crippen molar-refractivity contribution in [2.24, 2.45) is 0 Å². The molecule has 0 aliphatic carbocycles. The van der Waals surface area contributed by atoms with Crippen LogP contribution in [0.1, 0.15) is 53.8 Å². The molecule has 3 aromatic carbocycles. The zero-order chi connectivity index (χ0) is 26.3. The lowest BCUT2D eigenvalue weighted by Gasteiger charge is -2.26. The lowest BCUT2D eigenvalue weighted by atomic mass is 9.89. The second-order valence-corrected chi connectivity index (χ2v) is 9.64. The molecule has 2 heterocycles. The molecule has 0 saturated carbocycles. The number of hydrogen-bond acceptors (Lipinski definition) is 5. The van der Waals surface area contributed by atoms with Gasteiger partial charge in [-0.1, -0.05) is 56.3 Å². The van der Waals surface area contributed by atoms with Crippen molar-refractivity contribution >= 4 is 28.2 Å². The van der Waals surface area contributed by atoms with E-state index < -0.39 is 17.7 Å². The number of likely N-dealkylation sites (tertiary alicyclic amines) is 1. The molecule has 1 aliphatic rings. The van der Waals surface area contributed by atoms with E-state index in [-0.39, 0.29) is 23.8 Å². The molecule has 37 heavy (non-hydrogen) atoms. The molecule has 4 aromatic rings. The Morgan fingerprint density at radius 3 is 2.51 bits per heavy atom. The third kappa shape index (κ3) is 4.18. The van der Waals surface area contributed by atoms with Crippen LogP contribution in [0.4, 0.5) is 0 Å². The average Bonchev–Trinajstić information content (AvgIpc) is 3.50. The van der Waals surface area contributed by atoms with E-state index in [4.69, 9.17) is 9.15 Å². The van der Waals surface area contributed by atoms with Crippen LogP contribution in [-0.2, 0) is 16.1 Å². The van der Waals surface area contributed by atoms with Crippen molar-refractivity contribution < 1.29 is 23.8 Å². The second-order valence-electron chi connectivity index (χ2n) is 9.64. The predicted octanol–water partition coefficient (Wildman–Crippen LogP) is 6.50. The number of fused-ring (bicyclic) bond motifs is 1. The number of furan rings is 1. The van der Waals surface area contributed by atoms with Crippen LogP contribution in [0.5, 0.6) is 5.75 Å². The summed E-state index contributed by atoms with van der Waals surface area (Å²) in [4.78, 5) is 28.5. The molecule has 5 rings (SSSR count). The number of methoxy groups -OCH3 is 1. The van der Waals surface area contributed by atoms with Crippen LogP contribution in [-0.4, -0.2) is 28.8 Å². The highest BCUT2D eigenvalue weighted by Gasteiger charge is 2.47. The first-order valence-corrected chi connectivity index (χ1v) is 12.3. The molecule has 6 heteroatoms. The largest absolute Gasteiger partial charge is 0.507 e. The fourth-order valence-corrected chi connectivity index (χ4v) is 5.15. The van der Waals surface area contributed by atoms with E-state index in [1.807, 2.05) is 75.4 Å². The standard InChI is InChI=1S/C31H29NO5/c1-18(2)24-16-25(19(3)15-26(24)36-4)29(33)27-28(23-13-7-10-20-9-5-6-12-22(20)23)32(31(35)30(27)34)17-21-11-8-14-37-21/h5-16,18,28,33H,17H2,1-4H3/b29-27+. The van der Waals surface area contributed by atoms with Gasteiger partial charge in [0.1, 0.15) is 17.3 Å². The number of ketones is 1. The number of hydrogen-bond donors (Lipinski definition) is 1. The van der Waals surface area contributed by atoms with Gasteiger partial charge in [-0.2, -0.15) is 0 Å². The molecule has 1 atom stereocenters. The first kappa shape index (κ1) is 24.4. The van der Waals surface area contributed by atoms with Crippen LogP contribution in [0.25, 0.3) is 16.5 Å². The van der Waals surface area contributed by atoms with Crippen molar-refractivity contribution in [3.8, 4) is 5.75 Å². The van der Waals surface area contributed by atoms with E-state index in [1.54, 1.807) is 19.2 Å². The molecule has 0 radical (unpaired) electrons. The summed E-state index contributed by atoms with van der Waals surface area (Å²) in [7, 11) is 1.61. The Bertz CT molecular complexity index is 1530. The second kappa shape index (κ2) is 9.62. The van der Waals surface area contributed by atoms with E-state index in [9.17, 15) is 14.7 Å². The summed E-state index contributed by atoms with van der Waals surface area (Å²) in [5.74, 6) is -0.199. The van der Waals surface area contributed by atoms with Crippen molar-refractivity contribution in [2.45, 2.75) is 39.3 Å². The van der Waals surface area contributed by atoms with Crippen molar-refractivity contribution in [3.05, 3.63) is 107 Å². The molecular formula is C31H29NO5. The lowest BCUT2D eigenvalue weighted by molar-refractivity contribution is -0.140. The van der Waals surface area contributed by atoms with Crippen LogP contribution < -0.4 is 4.74 Å². The van der Waals surface area contributed by atoms with Crippen LogP contribution in [0.2, 0.25) is 0 Å². The van der Waals surface area contributed by atoms with Crippen molar-refractivity contribution in [2.75, 3.05) is 7.11 Å². The first-order valence-electron chi connectivity index (χ1n) is 12.3. The van der Waals surface area contributed by atoms with Gasteiger partial charge >= 0.3 is 0 Å². The van der Waals surface area contributed by atoms with Gasteiger partial charge in [0.2, 0.25) is 0 Å². The van der Waals surface area contributed by atoms with E-state index in [0.717, 1.165) is 27.5 Å². The summed E-state index contributed by atoms with van der Waals surface area (Å²) in [5.41, 5.74) is 2.98. The Balaban J connectivity index is 1.77. The van der Waals surface area contributed by atoms with E-state index in [0.29, 0.717) is 17.1 Å². The van der Waals surface area contributed by atoms with Gasteiger partial charge in [-0.05, 0) is 64.6 Å². The molecule has 1 aromatic heterocycles. The molecule has 0 spiro atoms. The van der Waals surface area contributed by atoms with Crippen molar-refractivity contribution in [1.82, 2.24) is 4.90 Å². The third-order valence-electron chi connectivity index (χ3n) is 7.02. The molecule has 1 N–H and O–H groups in total. The lowest BCUT2D eigenvalue weighted by Crippen LogP contribution is -2.29. The Labute approximate surface area is 215 Å². The third-order valence-corrected chi connectivity index (χ3v) is 7.02. The van der Waals surface area contributed by atoms with Gasteiger partial charge in [-0.3, -0.25) is 9.59 Å². The number of benzene rings is 3. The summed E-state index contributed by atoms with van der Waals surface area (Å²) in [6.07, 6.45) is 1.53. The van der Waals surface area contributed by atoms with Gasteiger partial charge in [0.15, 0.2) is 0 Å². The number of aliphatic hydroxyl groups excluding tert-OH is 1. The van der Waals surface area contributed by atoms with E-state index in [1.165, 1.54) is 11.2 Å². The Morgan fingerprint density at radius 2 is 1.81 bits per heavy atom. The van der Waals surface area contributed by atoms with E-state index >= 15 is 0 Å². The summed E-state index contributed by atoms with van der Waals surface area (Å²) < 4.78 is 11.1. The van der Waals surface area contributed by atoms with Gasteiger partial charge in [0.25, 0.3) is 11.7 Å². The molecule has 0 bridgehead atoms. The zero-order valence-corrected chi connectivity index (χ0v) is 21.3. The first-order chi connectivity index (χ1) is 17.8. The molecular weight excluding hydrogens is 466 g/mol. The highest BCUT2D eigenvalue weighted by atomic mass is 16.5. The number of rotatable bonds is 6. The molecule has 1 aliphatic heterocycles. The Kier molecular flexibility index (Phi) is 6.34. The highest BCUT2D eigenvalue weighted by Crippen LogP contribution is 2.44. The topological polar surface area (TPSA) is 80.0 Å². The Morgan fingerprint density at radius 1 is 1.05 bits per heavy atom. The van der Waals surface area contributed by atoms with Gasteiger partial charge in [0, 0.05) is 5.56 Å². The molecule has 1 fully saturated rings. The maximum Gasteiger partial charge on any atom is 0.296 e. The summed E-state index contributed by atoms with van der Waals surface area (Å²) in [5, 5.41) is 13.6. The summed E-state index contributed by atoms with van der Waals surface area (Å²) in [6, 6.07) is 20.0. The fourth-order valence-electron chi connectivity index (χ4n) is 5.15. The van der Waals surface area contributed by atoms with E-state index in [2.05, 4.69) is 0 Å². The van der Waals surface area contributed by atoms with Crippen LogP contribution in [0.15, 0.2) is 83.0 Å². The fraction of sp³-hybridized carbons (Fsp3) is 0.226. The number of carbonyl (C=O) groups is 2. The summed E-state index contributed by atoms with van der Waals surface area (Å²) in [6.45, 7) is 6.03. The highest BCUT2D eigenvalue weighted by molar-refractivity contribution is 6.46. The minimum atomic E-state index is -0.791. The maximum absolute atomic E-state index is 13.6. The van der Waals surface area contributed by atoms with Crippen LogP contribution in [0.3, 0.4) is 0 Å². The number of amides is 1. The maximum atomic E-state index is 13.6. The predicted molar refractivity (Wildman–Crippen MR) is 142 cm³/mol. The average molecular weight is 496 g/mol. The number of nitrogens with zero attached hydrogens (tertiary/aromatic N) is 1. The van der Waals surface area contributed by atoms with Gasteiger partial charge in [-0.15, -0.1) is 0 Å². The molecule has 1 saturated heterocycles. The molecule has 188 valence electrons. The van der Waals surface area contributed by atoms with Gasteiger partial charge < -0.3 is 19.2 Å². The number of ether oxygens (including phenoxy) is 1. The van der Waals surface area contributed by atoms with Gasteiger partial charge in [0.05, 0.1) is 31.5 Å². The Hall–Kier alpha value is -4.32. The normalized spacial score (nSPS) is 17.2. The smallest absolute Gasteiger partial charge is 0.296 e. The minimum absolute atomic E-state index is 0.0656. The minimum Gasteiger partial charge on any atom is -0.507 e. The zero-order valence-electron chi connectivity index (χ0n) is 21.3. The number of aliphatic hydroxyl groups is 1. The molecule has 1 unspecified atom stereocenters. The van der Waals surface area contributed by atoms with Crippen LogP contribution >= 0.6 is 0 Å². The number of carbonyl (C=O) groups excluding carboxylic acids is 2. The number of Topliss-reactive ketones (excluding diaryl/α,β-unsaturated/α-hetero) is 1. The van der Waals surface area contributed by atoms with Crippen molar-refractivity contribution in [3.63, 3.8) is 0 Å². The van der Waals surface area contributed by atoms with Crippen LogP contribution in [0, 0.1) is 6.92 Å². The monoisotopic (exact) mass is 495 g/mol. The molecule has 1 amide bonds. The summed E-state index contributed by atoms with van der Waals surface area (Å²) >= 11 is 0. The van der Waals surface area contributed by atoms with Gasteiger partial charge in [-0.25, -0.2) is 0 Å².